The Morgan fingerprint density at radius 3 is 2.93 bits per heavy atom. The number of halogens is 1. The summed E-state index contributed by atoms with van der Waals surface area (Å²) in [6.07, 6.45) is 1.64. The molecule has 0 fully saturated rings. The number of hydrogen-bond donors (Lipinski definition) is 1. The number of phenolic OH excluding ortho intramolecular Hbond substituents is 1. The third-order valence-electron chi connectivity index (χ3n) is 1.90. The second-order valence-corrected chi connectivity index (χ2v) is 3.15. The lowest BCUT2D eigenvalue weighted by molar-refractivity contribution is 0.0494. The zero-order chi connectivity index (χ0) is 11.3. The summed E-state index contributed by atoms with van der Waals surface area (Å²) in [5, 5.41) is 9.08. The number of carbonyl (C=O) groups is 1. The van der Waals surface area contributed by atoms with Crippen molar-refractivity contribution in [2.75, 3.05) is 6.61 Å². The van der Waals surface area contributed by atoms with Crippen LogP contribution >= 0.6 is 0 Å². The highest BCUT2D eigenvalue weighted by Gasteiger charge is 2.13. The highest BCUT2D eigenvalue weighted by molar-refractivity contribution is 5.90. The smallest absolute Gasteiger partial charge is 0.341 e. The second-order valence-electron chi connectivity index (χ2n) is 3.15. The number of rotatable bonds is 4. The normalized spacial score (nSPS) is 10.0. The number of unbranched alkanes of at least 4 members (excludes halogenated alkanes) is 1. The molecule has 0 aliphatic heterocycles. The van der Waals surface area contributed by atoms with E-state index in [9.17, 15) is 9.18 Å². The fraction of sp³-hybridized carbons (Fsp3) is 0.364. The van der Waals surface area contributed by atoms with Gasteiger partial charge in [-0.2, -0.15) is 0 Å². The molecule has 82 valence electrons. The van der Waals surface area contributed by atoms with Crippen molar-refractivity contribution < 1.29 is 19.0 Å². The van der Waals surface area contributed by atoms with Gasteiger partial charge in [-0.15, -0.1) is 0 Å². The van der Waals surface area contributed by atoms with Gasteiger partial charge in [0.25, 0.3) is 0 Å². The third-order valence-corrected chi connectivity index (χ3v) is 1.90. The minimum Gasteiger partial charge on any atom is -0.508 e. The van der Waals surface area contributed by atoms with Gasteiger partial charge < -0.3 is 9.84 Å². The first-order valence-corrected chi connectivity index (χ1v) is 4.80. The first-order valence-electron chi connectivity index (χ1n) is 4.80. The lowest BCUT2D eigenvalue weighted by atomic mass is 10.2. The molecule has 0 spiro atoms. The lowest BCUT2D eigenvalue weighted by Crippen LogP contribution is -2.08. The van der Waals surface area contributed by atoms with Crippen LogP contribution in [0.4, 0.5) is 4.39 Å². The molecule has 0 saturated heterocycles. The molecule has 0 aromatic heterocycles. The summed E-state index contributed by atoms with van der Waals surface area (Å²) < 4.78 is 17.9. The minimum absolute atomic E-state index is 0.154. The predicted molar refractivity (Wildman–Crippen MR) is 53.3 cm³/mol. The van der Waals surface area contributed by atoms with Crippen LogP contribution in [0.5, 0.6) is 5.75 Å². The fourth-order valence-electron chi connectivity index (χ4n) is 1.06. The van der Waals surface area contributed by atoms with Crippen molar-refractivity contribution in [1.29, 1.82) is 0 Å². The average Bonchev–Trinajstić information content (AvgIpc) is 2.22. The first kappa shape index (κ1) is 11.5. The predicted octanol–water partition coefficient (Wildman–Crippen LogP) is 2.49. The van der Waals surface area contributed by atoms with Crippen LogP contribution in [0, 0.1) is 5.82 Å². The van der Waals surface area contributed by atoms with Crippen LogP contribution in [0.15, 0.2) is 18.2 Å². The summed E-state index contributed by atoms with van der Waals surface area (Å²) >= 11 is 0. The van der Waals surface area contributed by atoms with Gasteiger partial charge in [-0.25, -0.2) is 9.18 Å². The molecule has 0 aliphatic rings. The van der Waals surface area contributed by atoms with Crippen LogP contribution in [0.3, 0.4) is 0 Å². The van der Waals surface area contributed by atoms with Gasteiger partial charge in [-0.05, 0) is 24.6 Å². The SMILES string of the molecule is CCCCOC(=O)c1cc(O)ccc1F. The van der Waals surface area contributed by atoms with Gasteiger partial charge in [0.2, 0.25) is 0 Å². The van der Waals surface area contributed by atoms with E-state index in [1.165, 1.54) is 6.07 Å². The van der Waals surface area contributed by atoms with Crippen LogP contribution in [0.2, 0.25) is 0 Å². The Bertz CT molecular complexity index is 350. The van der Waals surface area contributed by atoms with Crippen LogP contribution in [0.1, 0.15) is 30.1 Å². The highest BCUT2D eigenvalue weighted by atomic mass is 19.1. The number of carbonyl (C=O) groups excluding carboxylic acids is 1. The van der Waals surface area contributed by atoms with E-state index < -0.39 is 11.8 Å². The van der Waals surface area contributed by atoms with Crippen molar-refractivity contribution in [3.8, 4) is 5.75 Å². The van der Waals surface area contributed by atoms with Gasteiger partial charge in [0.05, 0.1) is 12.2 Å². The number of hydrogen-bond acceptors (Lipinski definition) is 3. The highest BCUT2D eigenvalue weighted by Crippen LogP contribution is 2.16. The Morgan fingerprint density at radius 1 is 1.53 bits per heavy atom. The van der Waals surface area contributed by atoms with Crippen LogP contribution in [0.25, 0.3) is 0 Å². The van der Waals surface area contributed by atoms with E-state index in [0.29, 0.717) is 0 Å². The van der Waals surface area contributed by atoms with Gasteiger partial charge in [-0.3, -0.25) is 0 Å². The molecule has 4 heteroatoms. The zero-order valence-corrected chi connectivity index (χ0v) is 8.50. The Morgan fingerprint density at radius 2 is 2.27 bits per heavy atom. The molecule has 15 heavy (non-hydrogen) atoms. The monoisotopic (exact) mass is 212 g/mol. The van der Waals surface area contributed by atoms with Gasteiger partial charge in [0.1, 0.15) is 11.6 Å². The van der Waals surface area contributed by atoms with E-state index in [1.54, 1.807) is 0 Å². The maximum Gasteiger partial charge on any atom is 0.341 e. The number of aromatic hydroxyl groups is 1. The van der Waals surface area contributed by atoms with E-state index in [2.05, 4.69) is 0 Å². The first-order chi connectivity index (χ1) is 7.15. The molecule has 1 N–H and O–H groups in total. The molecule has 0 bridgehead atoms. The minimum atomic E-state index is -0.739. The molecule has 0 saturated carbocycles. The molecule has 1 rings (SSSR count). The molecule has 1 aromatic rings. The summed E-state index contributed by atoms with van der Waals surface area (Å²) in [5.74, 6) is -1.58. The summed E-state index contributed by atoms with van der Waals surface area (Å²) in [5.41, 5.74) is -0.230. The van der Waals surface area contributed by atoms with Crippen molar-refractivity contribution in [1.82, 2.24) is 0 Å². The Labute approximate surface area is 87.5 Å². The Balaban J connectivity index is 2.68. The van der Waals surface area contributed by atoms with Crippen molar-refractivity contribution in [2.24, 2.45) is 0 Å². The lowest BCUT2D eigenvalue weighted by Gasteiger charge is -2.04. The summed E-state index contributed by atoms with van der Waals surface area (Å²) in [6.45, 7) is 2.23. The number of esters is 1. The van der Waals surface area contributed by atoms with E-state index >= 15 is 0 Å². The number of ether oxygens (including phenoxy) is 1. The maximum absolute atomic E-state index is 13.1. The molecule has 0 unspecified atom stereocenters. The van der Waals surface area contributed by atoms with Crippen LogP contribution in [-0.2, 0) is 4.74 Å². The van der Waals surface area contributed by atoms with Crippen molar-refractivity contribution in [2.45, 2.75) is 19.8 Å². The van der Waals surface area contributed by atoms with Gasteiger partial charge >= 0.3 is 5.97 Å². The van der Waals surface area contributed by atoms with Crippen LogP contribution < -0.4 is 0 Å². The molecule has 0 heterocycles. The molecule has 0 atom stereocenters. The summed E-state index contributed by atoms with van der Waals surface area (Å²) in [7, 11) is 0. The van der Waals surface area contributed by atoms with Crippen molar-refractivity contribution in [3.05, 3.63) is 29.6 Å². The topological polar surface area (TPSA) is 46.5 Å². The standard InChI is InChI=1S/C11H13FO3/c1-2-3-6-15-11(14)9-7-8(13)4-5-10(9)12/h4-5,7,13H,2-3,6H2,1H3. The van der Waals surface area contributed by atoms with Gasteiger partial charge in [-0.1, -0.05) is 13.3 Å². The molecule has 0 aliphatic carbocycles. The zero-order valence-electron chi connectivity index (χ0n) is 8.50. The molecule has 1 aromatic carbocycles. The average molecular weight is 212 g/mol. The Hall–Kier alpha value is -1.58. The molecule has 0 amide bonds. The number of phenols is 1. The van der Waals surface area contributed by atoms with Gasteiger partial charge in [0, 0.05) is 0 Å². The Kier molecular flexibility index (Phi) is 4.09. The van der Waals surface area contributed by atoms with E-state index in [-0.39, 0.29) is 17.9 Å². The third kappa shape index (κ3) is 3.23. The van der Waals surface area contributed by atoms with Crippen molar-refractivity contribution in [3.63, 3.8) is 0 Å². The van der Waals surface area contributed by atoms with Crippen LogP contribution in [-0.4, -0.2) is 17.7 Å². The molecular formula is C11H13FO3. The molecule has 0 radical (unpaired) electrons. The quantitative estimate of drug-likeness (QED) is 0.616. The van der Waals surface area contributed by atoms with E-state index in [4.69, 9.17) is 9.84 Å². The largest absolute Gasteiger partial charge is 0.508 e. The summed E-state index contributed by atoms with van der Waals surface area (Å²) in [6, 6.07) is 3.27. The summed E-state index contributed by atoms with van der Waals surface area (Å²) in [4.78, 5) is 11.3. The number of benzene rings is 1. The fourth-order valence-corrected chi connectivity index (χ4v) is 1.06. The van der Waals surface area contributed by atoms with Gasteiger partial charge in [0.15, 0.2) is 0 Å². The molecule has 3 nitrogen and oxygen atoms in total. The van der Waals surface area contributed by atoms with Crippen molar-refractivity contribution >= 4 is 5.97 Å². The molecular weight excluding hydrogens is 199 g/mol. The second kappa shape index (κ2) is 5.34. The van der Waals surface area contributed by atoms with E-state index in [1.807, 2.05) is 6.92 Å². The van der Waals surface area contributed by atoms with E-state index in [0.717, 1.165) is 25.0 Å². The maximum atomic E-state index is 13.1.